The minimum atomic E-state index is -0.740. The highest BCUT2D eigenvalue weighted by Crippen LogP contribution is 2.06. The Morgan fingerprint density at radius 3 is 2.80 bits per heavy atom. The maximum absolute atomic E-state index is 10.8. The van der Waals surface area contributed by atoms with Crippen LogP contribution in [0.1, 0.15) is 6.42 Å². The summed E-state index contributed by atoms with van der Waals surface area (Å²) in [7, 11) is -0.740. The van der Waals surface area contributed by atoms with Gasteiger partial charge in [0.15, 0.2) is 0 Å². The van der Waals surface area contributed by atoms with Gasteiger partial charge in [0, 0.05) is 28.3 Å². The van der Waals surface area contributed by atoms with Crippen LogP contribution in [0.3, 0.4) is 0 Å². The van der Waals surface area contributed by atoms with Crippen LogP contribution in [0.2, 0.25) is 0 Å². The largest absolute Gasteiger partial charge is 0.352 e. The van der Waals surface area contributed by atoms with Crippen molar-refractivity contribution in [3.05, 3.63) is 0 Å². The molecular weight excluding hydrogens is 152 g/mol. The highest BCUT2D eigenvalue weighted by Gasteiger charge is 2.21. The molecule has 4 nitrogen and oxygen atoms in total. The van der Waals surface area contributed by atoms with E-state index in [1.54, 1.807) is 0 Å². The molecule has 1 aliphatic rings. The van der Waals surface area contributed by atoms with Gasteiger partial charge in [-0.15, -0.1) is 0 Å². The first-order chi connectivity index (χ1) is 4.68. The van der Waals surface area contributed by atoms with Crippen molar-refractivity contribution in [1.29, 1.82) is 0 Å². The second-order valence-electron chi connectivity index (χ2n) is 2.30. The highest BCUT2D eigenvalue weighted by molar-refractivity contribution is 7.85. The van der Waals surface area contributed by atoms with E-state index in [0.717, 1.165) is 6.42 Å². The van der Waals surface area contributed by atoms with E-state index < -0.39 is 16.8 Å². The highest BCUT2D eigenvalue weighted by atomic mass is 32.2. The van der Waals surface area contributed by atoms with Crippen LogP contribution in [-0.2, 0) is 10.8 Å². The minimum Gasteiger partial charge on any atom is -0.352 e. The van der Waals surface area contributed by atoms with E-state index >= 15 is 0 Å². The Hall–Kier alpha value is -0.580. The molecule has 0 saturated carbocycles. The van der Waals surface area contributed by atoms with E-state index in [0.29, 0.717) is 11.5 Å². The summed E-state index contributed by atoms with van der Waals surface area (Å²) >= 11 is 0. The van der Waals surface area contributed by atoms with Gasteiger partial charge >= 0.3 is 6.03 Å². The Balaban J connectivity index is 2.31. The standard InChI is InChI=1S/C5H10N2O2S/c6-5(8)7-4-1-2-10(9)3-4/h4H,1-3H2,(H3,6,7,8). The molecule has 1 heterocycles. The summed E-state index contributed by atoms with van der Waals surface area (Å²) in [6, 6.07) is -0.484. The van der Waals surface area contributed by atoms with Crippen molar-refractivity contribution in [3.8, 4) is 0 Å². The van der Waals surface area contributed by atoms with Gasteiger partial charge in [-0.2, -0.15) is 0 Å². The lowest BCUT2D eigenvalue weighted by atomic mass is 10.3. The number of amides is 2. The molecule has 0 aliphatic carbocycles. The lowest BCUT2D eigenvalue weighted by Gasteiger charge is -2.06. The van der Waals surface area contributed by atoms with Crippen molar-refractivity contribution in [3.63, 3.8) is 0 Å². The third-order valence-electron chi connectivity index (χ3n) is 1.43. The number of hydrogen-bond acceptors (Lipinski definition) is 2. The number of rotatable bonds is 1. The summed E-state index contributed by atoms with van der Waals surface area (Å²) < 4.78 is 10.8. The number of carbonyl (C=O) groups excluding carboxylic acids is 1. The molecule has 3 N–H and O–H groups in total. The molecule has 0 spiro atoms. The van der Waals surface area contributed by atoms with Crippen molar-refractivity contribution in [2.24, 2.45) is 5.73 Å². The summed E-state index contributed by atoms with van der Waals surface area (Å²) in [5.41, 5.74) is 4.87. The first-order valence-corrected chi connectivity index (χ1v) is 4.58. The summed E-state index contributed by atoms with van der Waals surface area (Å²) in [6.45, 7) is 0. The van der Waals surface area contributed by atoms with Crippen molar-refractivity contribution in [1.82, 2.24) is 5.32 Å². The third kappa shape index (κ3) is 1.98. The van der Waals surface area contributed by atoms with E-state index in [1.807, 2.05) is 0 Å². The second kappa shape index (κ2) is 3.01. The second-order valence-corrected chi connectivity index (χ2v) is 3.93. The van der Waals surface area contributed by atoms with Gasteiger partial charge in [-0.25, -0.2) is 4.79 Å². The number of nitrogens with two attached hydrogens (primary N) is 1. The molecule has 0 aromatic rings. The molecule has 1 fully saturated rings. The molecule has 10 heavy (non-hydrogen) atoms. The Morgan fingerprint density at radius 2 is 2.40 bits per heavy atom. The Labute approximate surface area is 61.6 Å². The monoisotopic (exact) mass is 162 g/mol. The number of nitrogens with one attached hydrogen (secondary N) is 1. The normalized spacial score (nSPS) is 32.0. The van der Waals surface area contributed by atoms with Gasteiger partial charge in [0.05, 0.1) is 0 Å². The Kier molecular flexibility index (Phi) is 2.26. The van der Waals surface area contributed by atoms with Crippen molar-refractivity contribution in [2.45, 2.75) is 12.5 Å². The van der Waals surface area contributed by atoms with Gasteiger partial charge in [-0.1, -0.05) is 0 Å². The molecule has 2 amide bonds. The van der Waals surface area contributed by atoms with Gasteiger partial charge in [-0.05, 0) is 6.42 Å². The molecule has 0 aromatic heterocycles. The zero-order valence-corrected chi connectivity index (χ0v) is 6.32. The van der Waals surface area contributed by atoms with E-state index in [2.05, 4.69) is 5.32 Å². The Bertz CT molecular complexity index is 171. The first kappa shape index (κ1) is 7.53. The average molecular weight is 162 g/mol. The number of hydrogen-bond donors (Lipinski definition) is 2. The lowest BCUT2D eigenvalue weighted by Crippen LogP contribution is -2.38. The maximum atomic E-state index is 10.8. The Morgan fingerprint density at radius 1 is 1.70 bits per heavy atom. The molecule has 0 radical (unpaired) electrons. The zero-order valence-electron chi connectivity index (χ0n) is 5.50. The number of urea groups is 1. The molecule has 0 bridgehead atoms. The van der Waals surface area contributed by atoms with Gasteiger partial charge in [-0.3, -0.25) is 4.21 Å². The molecule has 2 atom stereocenters. The van der Waals surface area contributed by atoms with Crippen LogP contribution >= 0.6 is 0 Å². The van der Waals surface area contributed by atoms with Crippen molar-refractivity contribution < 1.29 is 9.00 Å². The van der Waals surface area contributed by atoms with E-state index in [-0.39, 0.29) is 6.04 Å². The van der Waals surface area contributed by atoms with Crippen LogP contribution in [0.25, 0.3) is 0 Å². The lowest BCUT2D eigenvalue weighted by molar-refractivity contribution is 0.246. The van der Waals surface area contributed by atoms with E-state index in [1.165, 1.54) is 0 Å². The SMILES string of the molecule is NC(=O)NC1CCS(=O)C1. The maximum Gasteiger partial charge on any atom is 0.312 e. The van der Waals surface area contributed by atoms with Crippen LogP contribution in [0, 0.1) is 0 Å². The molecule has 5 heteroatoms. The third-order valence-corrected chi connectivity index (χ3v) is 2.89. The minimum absolute atomic E-state index is 0.0401. The summed E-state index contributed by atoms with van der Waals surface area (Å²) in [6.07, 6.45) is 0.787. The zero-order chi connectivity index (χ0) is 7.56. The molecule has 1 aliphatic heterocycles. The van der Waals surface area contributed by atoms with Crippen LogP contribution in [0.4, 0.5) is 4.79 Å². The molecule has 0 aromatic carbocycles. The van der Waals surface area contributed by atoms with Crippen LogP contribution in [0.15, 0.2) is 0 Å². The summed E-state index contributed by atoms with van der Waals surface area (Å²) in [5.74, 6) is 1.24. The molecule has 58 valence electrons. The predicted octanol–water partition coefficient (Wildman–Crippen LogP) is -0.824. The van der Waals surface area contributed by atoms with Gasteiger partial charge < -0.3 is 11.1 Å². The van der Waals surface area contributed by atoms with E-state index in [9.17, 15) is 9.00 Å². The predicted molar refractivity (Wildman–Crippen MR) is 39.0 cm³/mol. The van der Waals surface area contributed by atoms with E-state index in [4.69, 9.17) is 5.73 Å². The van der Waals surface area contributed by atoms with Crippen LogP contribution in [0.5, 0.6) is 0 Å². The molecule has 1 rings (SSSR count). The fourth-order valence-electron chi connectivity index (χ4n) is 0.980. The van der Waals surface area contributed by atoms with Gasteiger partial charge in [0.25, 0.3) is 0 Å². The fraction of sp³-hybridized carbons (Fsp3) is 0.800. The quantitative estimate of drug-likeness (QED) is 0.528. The number of primary amides is 1. The molecule has 2 unspecified atom stereocenters. The van der Waals surface area contributed by atoms with Crippen molar-refractivity contribution >= 4 is 16.8 Å². The first-order valence-electron chi connectivity index (χ1n) is 3.09. The summed E-state index contributed by atoms with van der Waals surface area (Å²) in [4.78, 5) is 10.3. The topological polar surface area (TPSA) is 72.2 Å². The summed E-state index contributed by atoms with van der Waals surface area (Å²) in [5, 5.41) is 2.52. The van der Waals surface area contributed by atoms with Crippen LogP contribution in [-0.4, -0.2) is 27.8 Å². The van der Waals surface area contributed by atoms with Crippen LogP contribution < -0.4 is 11.1 Å². The molecular formula is C5H10N2O2S. The van der Waals surface area contributed by atoms with Gasteiger partial charge in [0.1, 0.15) is 0 Å². The fourth-order valence-corrected chi connectivity index (χ4v) is 2.39. The smallest absolute Gasteiger partial charge is 0.312 e. The number of carbonyl (C=O) groups is 1. The average Bonchev–Trinajstić information content (AvgIpc) is 2.13. The van der Waals surface area contributed by atoms with Gasteiger partial charge in [0.2, 0.25) is 0 Å². The molecule has 1 saturated heterocycles. The van der Waals surface area contributed by atoms with Crippen molar-refractivity contribution in [2.75, 3.05) is 11.5 Å².